The Bertz CT molecular complexity index is 1090. The van der Waals surface area contributed by atoms with Crippen LogP contribution in [0.3, 0.4) is 0 Å². The number of aromatic nitrogens is 1. The van der Waals surface area contributed by atoms with Crippen molar-refractivity contribution in [2.24, 2.45) is 0 Å². The lowest BCUT2D eigenvalue weighted by atomic mass is 9.65. The van der Waals surface area contributed by atoms with E-state index in [-0.39, 0.29) is 25.3 Å². The highest BCUT2D eigenvalue weighted by molar-refractivity contribution is 5.85. The third-order valence-corrected chi connectivity index (χ3v) is 7.14. The molecule has 5 rings (SSSR count). The van der Waals surface area contributed by atoms with Crippen molar-refractivity contribution in [3.63, 3.8) is 0 Å². The Morgan fingerprint density at radius 3 is 2.50 bits per heavy atom. The van der Waals surface area contributed by atoms with Crippen molar-refractivity contribution in [3.05, 3.63) is 71.2 Å². The van der Waals surface area contributed by atoms with Crippen LogP contribution in [0, 0.1) is 5.82 Å². The Morgan fingerprint density at radius 2 is 1.80 bits per heavy atom. The average molecular weight is 414 g/mol. The topological polar surface area (TPSA) is 28.3 Å². The molecule has 0 radical (unpaired) electrons. The first kappa shape index (κ1) is 19.6. The molecule has 158 valence electrons. The first-order valence-corrected chi connectivity index (χ1v) is 10.3. The van der Waals surface area contributed by atoms with Crippen LogP contribution >= 0.6 is 0 Å². The van der Waals surface area contributed by atoms with Gasteiger partial charge in [0, 0.05) is 17.3 Å². The fourth-order valence-corrected chi connectivity index (χ4v) is 5.51. The van der Waals surface area contributed by atoms with Crippen molar-refractivity contribution in [2.75, 3.05) is 20.7 Å². The Labute approximate surface area is 173 Å². The molecule has 2 heterocycles. The number of hydrogen-bond donors (Lipinski definition) is 1. The predicted octanol–water partition coefficient (Wildman–Crippen LogP) is 5.35. The monoisotopic (exact) mass is 414 g/mol. The molecule has 1 N–H and O–H groups in total. The van der Waals surface area contributed by atoms with Gasteiger partial charge in [0.15, 0.2) is 5.60 Å². The molecule has 3 nitrogen and oxygen atoms in total. The molecule has 6 heteroatoms. The van der Waals surface area contributed by atoms with Crippen LogP contribution in [0.2, 0.25) is 0 Å². The highest BCUT2D eigenvalue weighted by Crippen LogP contribution is 2.59. The molecule has 1 spiro atoms. The Hall–Kier alpha value is -2.31. The molecule has 3 aromatic rings. The Balaban J connectivity index is 1.64. The molecule has 1 saturated carbocycles. The van der Waals surface area contributed by atoms with Crippen LogP contribution in [0.15, 0.2) is 48.5 Å². The number of nitrogens with zero attached hydrogens (tertiary/aromatic N) is 1. The summed E-state index contributed by atoms with van der Waals surface area (Å²) in [5.41, 5.74) is 0.237. The van der Waals surface area contributed by atoms with Crippen molar-refractivity contribution in [1.82, 2.24) is 9.88 Å². The van der Waals surface area contributed by atoms with Gasteiger partial charge in [-0.25, -0.2) is 13.2 Å². The largest absolute Gasteiger partial charge is 0.362 e. The van der Waals surface area contributed by atoms with Gasteiger partial charge in [-0.3, -0.25) is 4.90 Å². The zero-order chi connectivity index (χ0) is 21.1. The summed E-state index contributed by atoms with van der Waals surface area (Å²) in [6.45, 7) is 0.201. The molecular formula is C24H25F3N2O. The minimum absolute atomic E-state index is 0.176. The highest BCUT2D eigenvalue weighted by Gasteiger charge is 2.65. The smallest absolute Gasteiger partial charge is 0.284 e. The molecule has 0 amide bonds. The van der Waals surface area contributed by atoms with Gasteiger partial charge in [-0.1, -0.05) is 30.3 Å². The summed E-state index contributed by atoms with van der Waals surface area (Å²) < 4.78 is 52.0. The van der Waals surface area contributed by atoms with E-state index in [2.05, 4.69) is 4.98 Å². The van der Waals surface area contributed by atoms with Crippen molar-refractivity contribution in [1.29, 1.82) is 0 Å². The van der Waals surface area contributed by atoms with E-state index >= 15 is 8.78 Å². The third kappa shape index (κ3) is 2.59. The van der Waals surface area contributed by atoms with E-state index in [0.717, 1.165) is 11.1 Å². The zero-order valence-corrected chi connectivity index (χ0v) is 17.1. The average Bonchev–Trinajstić information content (AvgIpc) is 3.09. The molecular weight excluding hydrogens is 389 g/mol. The molecule has 2 aliphatic rings. The van der Waals surface area contributed by atoms with E-state index in [1.165, 1.54) is 12.1 Å². The first-order valence-electron chi connectivity index (χ1n) is 10.3. The SMILES string of the molecule is CN(C)C1(c2ccccc2)CCC2(OCCc3c2[nH]c2ccc(F)cc32)C(F)(F)C1. The predicted molar refractivity (Wildman–Crippen MR) is 110 cm³/mol. The van der Waals surface area contributed by atoms with Gasteiger partial charge in [0.05, 0.1) is 17.8 Å². The van der Waals surface area contributed by atoms with Gasteiger partial charge in [0.1, 0.15) is 5.82 Å². The number of alkyl halides is 2. The van der Waals surface area contributed by atoms with Crippen LogP contribution in [-0.4, -0.2) is 36.5 Å². The van der Waals surface area contributed by atoms with Gasteiger partial charge in [0.2, 0.25) is 0 Å². The Kier molecular flexibility index (Phi) is 4.32. The van der Waals surface area contributed by atoms with Crippen LogP contribution in [0.1, 0.15) is 36.1 Å². The van der Waals surface area contributed by atoms with Crippen LogP contribution in [0.25, 0.3) is 10.9 Å². The highest BCUT2D eigenvalue weighted by atomic mass is 19.3. The van der Waals surface area contributed by atoms with Crippen molar-refractivity contribution < 1.29 is 17.9 Å². The lowest BCUT2D eigenvalue weighted by molar-refractivity contribution is -0.264. The molecule has 1 aliphatic heterocycles. The van der Waals surface area contributed by atoms with Crippen LogP contribution in [0.4, 0.5) is 13.2 Å². The second kappa shape index (κ2) is 6.59. The maximum absolute atomic E-state index is 16.1. The normalized spacial score (nSPS) is 28.2. The number of rotatable bonds is 2. The summed E-state index contributed by atoms with van der Waals surface area (Å²) in [6, 6.07) is 13.9. The number of benzene rings is 2. The van der Waals surface area contributed by atoms with Gasteiger partial charge in [-0.2, -0.15) is 0 Å². The maximum Gasteiger partial charge on any atom is 0.284 e. The summed E-state index contributed by atoms with van der Waals surface area (Å²) in [5.74, 6) is -3.48. The van der Waals surface area contributed by atoms with E-state index in [1.807, 2.05) is 49.3 Å². The van der Waals surface area contributed by atoms with Gasteiger partial charge in [0.25, 0.3) is 5.92 Å². The van der Waals surface area contributed by atoms with E-state index in [0.29, 0.717) is 29.4 Å². The number of hydrogen-bond acceptors (Lipinski definition) is 2. The number of ether oxygens (including phenoxy) is 1. The maximum atomic E-state index is 16.1. The van der Waals surface area contributed by atoms with Gasteiger partial charge < -0.3 is 9.72 Å². The Morgan fingerprint density at radius 1 is 1.03 bits per heavy atom. The van der Waals surface area contributed by atoms with Gasteiger partial charge >= 0.3 is 0 Å². The van der Waals surface area contributed by atoms with E-state index in [1.54, 1.807) is 6.07 Å². The fourth-order valence-electron chi connectivity index (χ4n) is 5.51. The van der Waals surface area contributed by atoms with E-state index in [9.17, 15) is 4.39 Å². The van der Waals surface area contributed by atoms with Crippen LogP contribution < -0.4 is 0 Å². The molecule has 1 aliphatic carbocycles. The first-order chi connectivity index (χ1) is 14.3. The fraction of sp³-hybridized carbons (Fsp3) is 0.417. The van der Waals surface area contributed by atoms with Crippen LogP contribution in [-0.2, 0) is 22.3 Å². The van der Waals surface area contributed by atoms with Crippen molar-refractivity contribution in [2.45, 2.75) is 42.7 Å². The number of halogens is 3. The molecule has 0 saturated heterocycles. The molecule has 2 unspecified atom stereocenters. The molecule has 1 fully saturated rings. The lowest BCUT2D eigenvalue weighted by Gasteiger charge is -2.54. The van der Waals surface area contributed by atoms with Crippen LogP contribution in [0.5, 0.6) is 0 Å². The van der Waals surface area contributed by atoms with Crippen molar-refractivity contribution in [3.8, 4) is 0 Å². The molecule has 0 bridgehead atoms. The number of fused-ring (bicyclic) bond motifs is 4. The molecule has 2 atom stereocenters. The summed E-state index contributed by atoms with van der Waals surface area (Å²) in [6.07, 6.45) is 0.854. The summed E-state index contributed by atoms with van der Waals surface area (Å²) in [4.78, 5) is 5.08. The summed E-state index contributed by atoms with van der Waals surface area (Å²) in [7, 11) is 3.72. The minimum atomic E-state index is -3.11. The van der Waals surface area contributed by atoms with Crippen molar-refractivity contribution >= 4 is 10.9 Å². The molecule has 30 heavy (non-hydrogen) atoms. The van der Waals surface area contributed by atoms with Gasteiger partial charge in [-0.05, 0) is 62.7 Å². The summed E-state index contributed by atoms with van der Waals surface area (Å²) >= 11 is 0. The van der Waals surface area contributed by atoms with E-state index in [4.69, 9.17) is 4.74 Å². The minimum Gasteiger partial charge on any atom is -0.362 e. The van der Waals surface area contributed by atoms with E-state index < -0.39 is 17.1 Å². The number of nitrogens with one attached hydrogen (secondary N) is 1. The number of H-pyrrole nitrogens is 1. The summed E-state index contributed by atoms with van der Waals surface area (Å²) in [5, 5.41) is 0.677. The molecule has 2 aromatic carbocycles. The third-order valence-electron chi connectivity index (χ3n) is 7.14. The zero-order valence-electron chi connectivity index (χ0n) is 17.1. The standard InChI is InChI=1S/C24H25F3N2O/c1-29(2)22(16-6-4-3-5-7-16)11-12-23(24(26,27)15-22)21-18(10-13-30-23)19-14-17(25)8-9-20(19)28-21/h3-9,14,28H,10-13,15H2,1-2H3. The molecule has 1 aromatic heterocycles. The lowest BCUT2D eigenvalue weighted by Crippen LogP contribution is -2.60. The second-order valence-electron chi connectivity index (χ2n) is 8.77. The quantitative estimate of drug-likeness (QED) is 0.612. The van der Waals surface area contributed by atoms with Gasteiger partial charge in [-0.15, -0.1) is 0 Å². The second-order valence-corrected chi connectivity index (χ2v) is 8.77. The number of aromatic amines is 1.